The minimum Gasteiger partial charge on any atom is -0.384 e. The number of nitrogens with zero attached hydrogens (tertiary/aromatic N) is 1. The second-order valence-corrected chi connectivity index (χ2v) is 4.62. The normalized spacial score (nSPS) is 11.9. The predicted molar refractivity (Wildman–Crippen MR) is 71.7 cm³/mol. The van der Waals surface area contributed by atoms with Crippen LogP contribution in [0.25, 0.3) is 0 Å². The third-order valence-electron chi connectivity index (χ3n) is 2.61. The molecule has 2 rings (SSSR count). The van der Waals surface area contributed by atoms with Gasteiger partial charge in [-0.05, 0) is 35.4 Å². The highest BCUT2D eigenvalue weighted by molar-refractivity contribution is 6.42. The first kappa shape index (κ1) is 12.9. The Balaban J connectivity index is 2.32. The molecule has 1 N–H and O–H groups in total. The number of benzene rings is 2. The molecule has 0 amide bonds. The van der Waals surface area contributed by atoms with E-state index < -0.39 is 6.10 Å². The molecule has 0 bridgehead atoms. The van der Waals surface area contributed by atoms with Gasteiger partial charge in [0.2, 0.25) is 0 Å². The van der Waals surface area contributed by atoms with Crippen LogP contribution in [0.3, 0.4) is 0 Å². The highest BCUT2D eigenvalue weighted by Crippen LogP contribution is 2.28. The molecule has 0 fully saturated rings. The van der Waals surface area contributed by atoms with Crippen LogP contribution in [0.4, 0.5) is 0 Å². The van der Waals surface area contributed by atoms with Gasteiger partial charge in [0.25, 0.3) is 0 Å². The molecule has 0 radical (unpaired) electrons. The molecule has 2 nitrogen and oxygen atoms in total. The van der Waals surface area contributed by atoms with Crippen molar-refractivity contribution < 1.29 is 5.11 Å². The van der Waals surface area contributed by atoms with Crippen molar-refractivity contribution in [3.8, 4) is 6.07 Å². The molecule has 1 unspecified atom stereocenters. The summed E-state index contributed by atoms with van der Waals surface area (Å²) in [7, 11) is 0. The first-order chi connectivity index (χ1) is 8.61. The molecule has 0 aliphatic carbocycles. The van der Waals surface area contributed by atoms with E-state index in [0.717, 1.165) is 0 Å². The summed E-state index contributed by atoms with van der Waals surface area (Å²) in [6, 6.07) is 13.8. The minimum atomic E-state index is -0.785. The van der Waals surface area contributed by atoms with Gasteiger partial charge in [-0.2, -0.15) is 5.26 Å². The summed E-state index contributed by atoms with van der Waals surface area (Å²) in [5.74, 6) is 0. The molecular weight excluding hydrogens is 269 g/mol. The second-order valence-electron chi connectivity index (χ2n) is 3.81. The lowest BCUT2D eigenvalue weighted by Gasteiger charge is -2.12. The molecule has 0 aliphatic rings. The summed E-state index contributed by atoms with van der Waals surface area (Å²) < 4.78 is 0. The van der Waals surface area contributed by atoms with Crippen LogP contribution in [-0.4, -0.2) is 5.11 Å². The maximum atomic E-state index is 10.2. The van der Waals surface area contributed by atoms with Gasteiger partial charge in [0.1, 0.15) is 6.10 Å². The number of halogens is 2. The van der Waals surface area contributed by atoms with Gasteiger partial charge in [0.15, 0.2) is 0 Å². The predicted octanol–water partition coefficient (Wildman–Crippen LogP) is 3.95. The fourth-order valence-corrected chi connectivity index (χ4v) is 1.92. The van der Waals surface area contributed by atoms with Crippen molar-refractivity contribution in [1.82, 2.24) is 0 Å². The molecule has 0 aromatic heterocycles. The van der Waals surface area contributed by atoms with E-state index >= 15 is 0 Å². The molecule has 0 heterocycles. The lowest BCUT2D eigenvalue weighted by molar-refractivity contribution is 0.220. The largest absolute Gasteiger partial charge is 0.384 e. The lowest BCUT2D eigenvalue weighted by Crippen LogP contribution is -1.99. The number of aliphatic hydroxyl groups is 1. The molecule has 90 valence electrons. The van der Waals surface area contributed by atoms with E-state index in [1.54, 1.807) is 42.5 Å². The Labute approximate surface area is 115 Å². The van der Waals surface area contributed by atoms with Crippen LogP contribution in [0, 0.1) is 11.3 Å². The zero-order valence-electron chi connectivity index (χ0n) is 9.27. The fraction of sp³-hybridized carbons (Fsp3) is 0.0714. The van der Waals surface area contributed by atoms with Crippen LogP contribution in [0.2, 0.25) is 10.0 Å². The first-order valence-corrected chi connectivity index (χ1v) is 6.00. The van der Waals surface area contributed by atoms with Gasteiger partial charge < -0.3 is 5.11 Å². The lowest BCUT2D eigenvalue weighted by atomic mass is 10.0. The Kier molecular flexibility index (Phi) is 3.88. The van der Waals surface area contributed by atoms with Gasteiger partial charge in [-0.15, -0.1) is 0 Å². The number of nitriles is 1. The van der Waals surface area contributed by atoms with E-state index in [4.69, 9.17) is 28.5 Å². The Morgan fingerprint density at radius 3 is 2.11 bits per heavy atom. The molecule has 18 heavy (non-hydrogen) atoms. The third kappa shape index (κ3) is 2.65. The van der Waals surface area contributed by atoms with Crippen LogP contribution in [0.1, 0.15) is 22.8 Å². The summed E-state index contributed by atoms with van der Waals surface area (Å²) >= 11 is 11.7. The first-order valence-electron chi connectivity index (χ1n) is 5.25. The summed E-state index contributed by atoms with van der Waals surface area (Å²) in [6.07, 6.45) is -0.785. The Bertz CT molecular complexity index is 602. The quantitative estimate of drug-likeness (QED) is 0.904. The average Bonchev–Trinajstić information content (AvgIpc) is 2.41. The van der Waals surface area contributed by atoms with Crippen LogP contribution >= 0.6 is 23.2 Å². The van der Waals surface area contributed by atoms with Crippen molar-refractivity contribution in [2.75, 3.05) is 0 Å². The van der Waals surface area contributed by atoms with Gasteiger partial charge in [-0.1, -0.05) is 41.4 Å². The van der Waals surface area contributed by atoms with Crippen LogP contribution in [0.15, 0.2) is 42.5 Å². The molecular formula is C14H9Cl2NO. The average molecular weight is 278 g/mol. The van der Waals surface area contributed by atoms with Gasteiger partial charge in [-0.25, -0.2) is 0 Å². The van der Waals surface area contributed by atoms with Crippen molar-refractivity contribution in [3.05, 3.63) is 69.2 Å². The molecule has 0 saturated heterocycles. The van der Waals surface area contributed by atoms with Gasteiger partial charge in [0.05, 0.1) is 21.7 Å². The van der Waals surface area contributed by atoms with E-state index in [1.165, 1.54) is 0 Å². The van der Waals surface area contributed by atoms with Gasteiger partial charge in [0, 0.05) is 0 Å². The SMILES string of the molecule is N#Cc1ccc(C(O)c2ccc(Cl)c(Cl)c2)cc1. The Hall–Kier alpha value is -1.53. The number of rotatable bonds is 2. The standard InChI is InChI=1S/C14H9Cl2NO/c15-12-6-5-11(7-13(12)16)14(18)10-3-1-9(8-17)2-4-10/h1-7,14,18H. The van der Waals surface area contributed by atoms with E-state index in [-0.39, 0.29) is 0 Å². The molecule has 2 aromatic rings. The van der Waals surface area contributed by atoms with Gasteiger partial charge in [-0.3, -0.25) is 0 Å². The summed E-state index contributed by atoms with van der Waals surface area (Å²) in [5, 5.41) is 19.7. The summed E-state index contributed by atoms with van der Waals surface area (Å²) in [5.41, 5.74) is 1.92. The van der Waals surface area contributed by atoms with E-state index in [1.807, 2.05) is 6.07 Å². The van der Waals surface area contributed by atoms with E-state index in [2.05, 4.69) is 0 Å². The second kappa shape index (κ2) is 5.41. The smallest absolute Gasteiger partial charge is 0.104 e. The number of hydrogen-bond acceptors (Lipinski definition) is 2. The Morgan fingerprint density at radius 1 is 0.944 bits per heavy atom. The van der Waals surface area contributed by atoms with Crippen molar-refractivity contribution in [2.24, 2.45) is 0 Å². The molecule has 0 aliphatic heterocycles. The fourth-order valence-electron chi connectivity index (χ4n) is 1.61. The van der Waals surface area contributed by atoms with Crippen LogP contribution in [-0.2, 0) is 0 Å². The topological polar surface area (TPSA) is 44.0 Å². The zero-order chi connectivity index (χ0) is 13.1. The summed E-state index contributed by atoms with van der Waals surface area (Å²) in [4.78, 5) is 0. The van der Waals surface area contributed by atoms with Crippen LogP contribution in [0.5, 0.6) is 0 Å². The molecule has 4 heteroatoms. The zero-order valence-corrected chi connectivity index (χ0v) is 10.8. The molecule has 2 aromatic carbocycles. The molecule has 1 atom stereocenters. The minimum absolute atomic E-state index is 0.405. The van der Waals surface area contributed by atoms with Crippen LogP contribution < -0.4 is 0 Å². The van der Waals surface area contributed by atoms with Crippen molar-refractivity contribution >= 4 is 23.2 Å². The van der Waals surface area contributed by atoms with Crippen molar-refractivity contribution in [2.45, 2.75) is 6.10 Å². The van der Waals surface area contributed by atoms with Crippen molar-refractivity contribution in [1.29, 1.82) is 5.26 Å². The maximum absolute atomic E-state index is 10.2. The Morgan fingerprint density at radius 2 is 1.56 bits per heavy atom. The highest BCUT2D eigenvalue weighted by Gasteiger charge is 2.11. The highest BCUT2D eigenvalue weighted by atomic mass is 35.5. The monoisotopic (exact) mass is 277 g/mol. The number of hydrogen-bond donors (Lipinski definition) is 1. The summed E-state index contributed by atoms with van der Waals surface area (Å²) in [6.45, 7) is 0. The van der Waals surface area contributed by atoms with Crippen molar-refractivity contribution in [3.63, 3.8) is 0 Å². The van der Waals surface area contributed by atoms with Gasteiger partial charge >= 0.3 is 0 Å². The van der Waals surface area contributed by atoms with E-state index in [0.29, 0.717) is 26.7 Å². The third-order valence-corrected chi connectivity index (χ3v) is 3.35. The molecule has 0 spiro atoms. The van der Waals surface area contributed by atoms with E-state index in [9.17, 15) is 5.11 Å². The number of aliphatic hydroxyl groups excluding tert-OH is 1. The molecule has 0 saturated carbocycles. The maximum Gasteiger partial charge on any atom is 0.104 e.